The summed E-state index contributed by atoms with van der Waals surface area (Å²) in [4.78, 5) is 0. The number of rotatable bonds is 8. The van der Waals surface area contributed by atoms with Crippen molar-refractivity contribution in [2.45, 2.75) is 63.9 Å². The molecular weight excluding hydrogens is 174 g/mol. The molecule has 0 heterocycles. The monoisotopic (exact) mass is 199 g/mol. The van der Waals surface area contributed by atoms with Crippen molar-refractivity contribution in [2.24, 2.45) is 11.7 Å². The van der Waals surface area contributed by atoms with Crippen LogP contribution in [0.1, 0.15) is 58.3 Å². The molecule has 2 unspecified atom stereocenters. The van der Waals surface area contributed by atoms with Gasteiger partial charge in [-0.1, -0.05) is 32.6 Å². The summed E-state index contributed by atoms with van der Waals surface area (Å²) in [6.07, 6.45) is 9.24. The maximum Gasteiger partial charge on any atom is 0.0680 e. The van der Waals surface area contributed by atoms with Crippen molar-refractivity contribution in [3.8, 4) is 0 Å². The molecule has 0 bridgehead atoms. The van der Waals surface area contributed by atoms with Crippen molar-refractivity contribution in [2.75, 3.05) is 6.54 Å². The Bertz CT molecular complexity index is 160. The Balaban J connectivity index is 2.02. The summed E-state index contributed by atoms with van der Waals surface area (Å²) >= 11 is 0. The van der Waals surface area contributed by atoms with Crippen LogP contribution in [0, 0.1) is 5.92 Å². The molecule has 1 aliphatic rings. The predicted octanol–water partition coefficient (Wildman–Crippen LogP) is 2.45. The zero-order valence-corrected chi connectivity index (χ0v) is 9.47. The fraction of sp³-hybridized carbons (Fsp3) is 1.00. The molecule has 0 saturated heterocycles. The fourth-order valence-electron chi connectivity index (χ4n) is 2.25. The second kappa shape index (κ2) is 5.72. The van der Waals surface area contributed by atoms with Crippen molar-refractivity contribution >= 4 is 0 Å². The van der Waals surface area contributed by atoms with Gasteiger partial charge in [0.2, 0.25) is 0 Å². The molecule has 1 fully saturated rings. The van der Waals surface area contributed by atoms with E-state index in [0.717, 1.165) is 32.2 Å². The van der Waals surface area contributed by atoms with Crippen LogP contribution in [0.4, 0.5) is 0 Å². The van der Waals surface area contributed by atoms with Gasteiger partial charge in [0.25, 0.3) is 0 Å². The van der Waals surface area contributed by atoms with Gasteiger partial charge in [0.05, 0.1) is 5.60 Å². The van der Waals surface area contributed by atoms with Crippen LogP contribution in [0.3, 0.4) is 0 Å². The quantitative estimate of drug-likeness (QED) is 0.590. The molecule has 0 aromatic carbocycles. The second-order valence-electron chi connectivity index (χ2n) is 4.75. The molecule has 0 amide bonds. The number of hydrogen-bond donors (Lipinski definition) is 2. The zero-order chi connectivity index (χ0) is 10.4. The minimum atomic E-state index is -0.274. The van der Waals surface area contributed by atoms with Gasteiger partial charge in [-0.25, -0.2) is 0 Å². The van der Waals surface area contributed by atoms with Gasteiger partial charge in [-0.05, 0) is 38.1 Å². The van der Waals surface area contributed by atoms with Gasteiger partial charge in [-0.15, -0.1) is 0 Å². The summed E-state index contributed by atoms with van der Waals surface area (Å²) in [6.45, 7) is 3.00. The van der Waals surface area contributed by atoms with Crippen molar-refractivity contribution in [1.29, 1.82) is 0 Å². The molecule has 2 heteroatoms. The van der Waals surface area contributed by atoms with E-state index in [-0.39, 0.29) is 5.60 Å². The van der Waals surface area contributed by atoms with Crippen LogP contribution in [0.25, 0.3) is 0 Å². The average Bonchev–Trinajstić information content (AvgIpc) is 2.82. The largest absolute Gasteiger partial charge is 0.390 e. The maximum absolute atomic E-state index is 10.1. The Hall–Kier alpha value is -0.0800. The molecule has 0 aliphatic heterocycles. The second-order valence-corrected chi connectivity index (χ2v) is 4.75. The molecule has 84 valence electrons. The smallest absolute Gasteiger partial charge is 0.0680 e. The van der Waals surface area contributed by atoms with E-state index >= 15 is 0 Å². The topological polar surface area (TPSA) is 46.2 Å². The molecule has 2 atom stereocenters. The molecule has 2 nitrogen and oxygen atoms in total. The number of aliphatic hydroxyl groups is 1. The van der Waals surface area contributed by atoms with E-state index in [0.29, 0.717) is 5.92 Å². The van der Waals surface area contributed by atoms with Gasteiger partial charge in [-0.3, -0.25) is 0 Å². The molecule has 0 aromatic rings. The Morgan fingerprint density at radius 3 is 2.71 bits per heavy atom. The van der Waals surface area contributed by atoms with Crippen LogP contribution < -0.4 is 5.73 Å². The molecule has 1 rings (SSSR count). The molecule has 1 aliphatic carbocycles. The summed E-state index contributed by atoms with van der Waals surface area (Å²) in [5.41, 5.74) is 5.15. The highest BCUT2D eigenvalue weighted by Gasteiger charge is 2.50. The minimum Gasteiger partial charge on any atom is -0.390 e. The minimum absolute atomic E-state index is 0.274. The van der Waals surface area contributed by atoms with Gasteiger partial charge in [-0.2, -0.15) is 0 Å². The third-order valence-electron chi connectivity index (χ3n) is 3.42. The highest BCUT2D eigenvalue weighted by molar-refractivity contribution is 5.02. The van der Waals surface area contributed by atoms with Gasteiger partial charge >= 0.3 is 0 Å². The van der Waals surface area contributed by atoms with E-state index in [1.165, 1.54) is 25.7 Å². The molecule has 14 heavy (non-hydrogen) atoms. The summed E-state index contributed by atoms with van der Waals surface area (Å²) in [5, 5.41) is 10.1. The SMILES string of the molecule is CCCCC1CC1(O)CCCCCN. The lowest BCUT2D eigenvalue weighted by Gasteiger charge is -2.09. The van der Waals surface area contributed by atoms with Crippen LogP contribution in [-0.2, 0) is 0 Å². The van der Waals surface area contributed by atoms with Crippen LogP contribution >= 0.6 is 0 Å². The van der Waals surface area contributed by atoms with E-state index in [1.54, 1.807) is 0 Å². The van der Waals surface area contributed by atoms with Gasteiger partial charge in [0.1, 0.15) is 0 Å². The number of nitrogens with two attached hydrogens (primary N) is 1. The third kappa shape index (κ3) is 3.58. The van der Waals surface area contributed by atoms with Crippen LogP contribution in [0.2, 0.25) is 0 Å². The van der Waals surface area contributed by atoms with Gasteiger partial charge < -0.3 is 10.8 Å². The highest BCUT2D eigenvalue weighted by Crippen LogP contribution is 2.49. The first-order chi connectivity index (χ1) is 6.73. The Labute approximate surface area is 87.9 Å². The van der Waals surface area contributed by atoms with E-state index in [1.807, 2.05) is 0 Å². The lowest BCUT2D eigenvalue weighted by Crippen LogP contribution is -2.11. The van der Waals surface area contributed by atoms with Gasteiger partial charge in [0, 0.05) is 0 Å². The molecule has 1 saturated carbocycles. The van der Waals surface area contributed by atoms with Crippen LogP contribution in [-0.4, -0.2) is 17.3 Å². The number of unbranched alkanes of at least 4 members (excludes halogenated alkanes) is 3. The van der Waals surface area contributed by atoms with Crippen molar-refractivity contribution < 1.29 is 5.11 Å². The van der Waals surface area contributed by atoms with E-state index < -0.39 is 0 Å². The van der Waals surface area contributed by atoms with Crippen molar-refractivity contribution in [3.05, 3.63) is 0 Å². The summed E-state index contributed by atoms with van der Waals surface area (Å²) in [6, 6.07) is 0. The lowest BCUT2D eigenvalue weighted by atomic mass is 10.0. The van der Waals surface area contributed by atoms with Crippen molar-refractivity contribution in [3.63, 3.8) is 0 Å². The average molecular weight is 199 g/mol. The maximum atomic E-state index is 10.1. The Kier molecular flexibility index (Phi) is 4.90. The zero-order valence-electron chi connectivity index (χ0n) is 9.47. The molecule has 0 radical (unpaired) electrons. The summed E-state index contributed by atoms with van der Waals surface area (Å²) in [7, 11) is 0. The fourth-order valence-corrected chi connectivity index (χ4v) is 2.25. The van der Waals surface area contributed by atoms with Crippen LogP contribution in [0.15, 0.2) is 0 Å². The van der Waals surface area contributed by atoms with Gasteiger partial charge in [0.15, 0.2) is 0 Å². The van der Waals surface area contributed by atoms with E-state index in [9.17, 15) is 5.11 Å². The summed E-state index contributed by atoms with van der Waals surface area (Å²) < 4.78 is 0. The van der Waals surface area contributed by atoms with E-state index in [2.05, 4.69) is 6.92 Å². The third-order valence-corrected chi connectivity index (χ3v) is 3.42. The highest BCUT2D eigenvalue weighted by atomic mass is 16.3. The standard InChI is InChI=1S/C12H25NO/c1-2-3-7-11-10-12(11,14)8-5-4-6-9-13/h11,14H,2-10,13H2,1H3. The number of hydrogen-bond acceptors (Lipinski definition) is 2. The first kappa shape index (κ1) is 12.0. The first-order valence-electron chi connectivity index (χ1n) is 6.15. The van der Waals surface area contributed by atoms with Crippen molar-refractivity contribution in [1.82, 2.24) is 0 Å². The predicted molar refractivity (Wildman–Crippen MR) is 60.1 cm³/mol. The first-order valence-corrected chi connectivity index (χ1v) is 6.15. The Morgan fingerprint density at radius 2 is 2.07 bits per heavy atom. The summed E-state index contributed by atoms with van der Waals surface area (Å²) in [5.74, 6) is 0.611. The normalized spacial score (nSPS) is 30.6. The molecule has 0 spiro atoms. The lowest BCUT2D eigenvalue weighted by molar-refractivity contribution is 0.115. The Morgan fingerprint density at radius 1 is 1.29 bits per heavy atom. The van der Waals surface area contributed by atoms with E-state index in [4.69, 9.17) is 5.73 Å². The molecule has 0 aromatic heterocycles. The molecular formula is C12H25NO. The molecule has 3 N–H and O–H groups in total. The van der Waals surface area contributed by atoms with Crippen LogP contribution in [0.5, 0.6) is 0 Å².